The number of aryl methyl sites for hydroxylation is 2. The molecule has 4 rings (SSSR count). The first-order chi connectivity index (χ1) is 12.5. The summed E-state index contributed by atoms with van der Waals surface area (Å²) in [5.74, 6) is 1.07. The van der Waals surface area contributed by atoms with Crippen molar-refractivity contribution < 1.29 is 4.79 Å². The first-order valence-electron chi connectivity index (χ1n) is 9.84. The van der Waals surface area contributed by atoms with Crippen molar-refractivity contribution in [3.63, 3.8) is 0 Å². The SMILES string of the molecule is Cc1sc2nc(CN(C(=O)C3CCC3)C3CCCCC3)[nH]c(=O)c2c1C. The van der Waals surface area contributed by atoms with Gasteiger partial charge in [0.2, 0.25) is 5.91 Å². The monoisotopic (exact) mass is 373 g/mol. The zero-order valence-electron chi connectivity index (χ0n) is 15.6. The summed E-state index contributed by atoms with van der Waals surface area (Å²) in [6.45, 7) is 4.43. The quantitative estimate of drug-likeness (QED) is 0.879. The molecule has 5 nitrogen and oxygen atoms in total. The maximum Gasteiger partial charge on any atom is 0.259 e. The minimum absolute atomic E-state index is 0.0773. The lowest BCUT2D eigenvalue weighted by Crippen LogP contribution is -2.46. The smallest absolute Gasteiger partial charge is 0.259 e. The average Bonchev–Trinajstić information content (AvgIpc) is 2.86. The Morgan fingerprint density at radius 3 is 2.54 bits per heavy atom. The third kappa shape index (κ3) is 3.20. The van der Waals surface area contributed by atoms with Crippen LogP contribution < -0.4 is 5.56 Å². The zero-order valence-corrected chi connectivity index (χ0v) is 16.5. The molecule has 0 spiro atoms. The van der Waals surface area contributed by atoms with Gasteiger partial charge in [0.1, 0.15) is 10.7 Å². The van der Waals surface area contributed by atoms with E-state index in [4.69, 9.17) is 4.98 Å². The first kappa shape index (κ1) is 17.7. The summed E-state index contributed by atoms with van der Waals surface area (Å²) in [7, 11) is 0. The lowest BCUT2D eigenvalue weighted by Gasteiger charge is -2.38. The Morgan fingerprint density at radius 1 is 1.15 bits per heavy atom. The van der Waals surface area contributed by atoms with Crippen molar-refractivity contribution in [3.05, 3.63) is 26.6 Å². The summed E-state index contributed by atoms with van der Waals surface area (Å²) < 4.78 is 0. The number of H-pyrrole nitrogens is 1. The minimum atomic E-state index is -0.0773. The summed E-state index contributed by atoms with van der Waals surface area (Å²) >= 11 is 1.57. The zero-order chi connectivity index (χ0) is 18.3. The van der Waals surface area contributed by atoms with E-state index in [9.17, 15) is 9.59 Å². The van der Waals surface area contributed by atoms with E-state index in [1.807, 2.05) is 18.7 Å². The van der Waals surface area contributed by atoms with Crippen LogP contribution in [0.5, 0.6) is 0 Å². The molecule has 0 radical (unpaired) electrons. The van der Waals surface area contributed by atoms with E-state index in [2.05, 4.69) is 4.98 Å². The van der Waals surface area contributed by atoms with Crippen molar-refractivity contribution >= 4 is 27.5 Å². The van der Waals surface area contributed by atoms with Gasteiger partial charge in [-0.2, -0.15) is 0 Å². The van der Waals surface area contributed by atoms with Gasteiger partial charge >= 0.3 is 0 Å². The Labute approximate surface area is 157 Å². The third-order valence-corrected chi connectivity index (χ3v) is 7.26. The van der Waals surface area contributed by atoms with E-state index in [1.54, 1.807) is 11.3 Å². The van der Waals surface area contributed by atoms with Crippen molar-refractivity contribution in [1.82, 2.24) is 14.9 Å². The normalized spacial score (nSPS) is 18.8. The van der Waals surface area contributed by atoms with Crippen LogP contribution in [0.3, 0.4) is 0 Å². The molecule has 0 aromatic carbocycles. The number of amides is 1. The number of nitrogens with one attached hydrogen (secondary N) is 1. The molecule has 2 aliphatic rings. The summed E-state index contributed by atoms with van der Waals surface area (Å²) in [6, 6.07) is 0.296. The van der Waals surface area contributed by atoms with E-state index < -0.39 is 0 Å². The molecule has 1 amide bonds. The highest BCUT2D eigenvalue weighted by Gasteiger charge is 2.34. The Kier molecular flexibility index (Phi) is 4.86. The maximum atomic E-state index is 13.0. The van der Waals surface area contributed by atoms with Gasteiger partial charge in [0, 0.05) is 16.8 Å². The summed E-state index contributed by atoms with van der Waals surface area (Å²) in [4.78, 5) is 37.2. The highest BCUT2D eigenvalue weighted by atomic mass is 32.1. The number of nitrogens with zero attached hydrogens (tertiary/aromatic N) is 2. The van der Waals surface area contributed by atoms with Crippen molar-refractivity contribution in [2.24, 2.45) is 5.92 Å². The predicted molar refractivity (Wildman–Crippen MR) is 104 cm³/mol. The van der Waals surface area contributed by atoms with Crippen molar-refractivity contribution in [2.45, 2.75) is 77.8 Å². The number of carbonyl (C=O) groups excluding carboxylic acids is 1. The van der Waals surface area contributed by atoms with E-state index >= 15 is 0 Å². The molecule has 2 aromatic heterocycles. The number of aromatic amines is 1. The molecule has 2 saturated carbocycles. The van der Waals surface area contributed by atoms with Crippen LogP contribution in [-0.2, 0) is 11.3 Å². The van der Waals surface area contributed by atoms with Crippen LogP contribution in [0, 0.1) is 19.8 Å². The Balaban J connectivity index is 1.65. The lowest BCUT2D eigenvalue weighted by molar-refractivity contribution is -0.142. The Morgan fingerprint density at radius 2 is 1.88 bits per heavy atom. The second-order valence-electron chi connectivity index (χ2n) is 7.86. The molecular weight excluding hydrogens is 346 g/mol. The van der Waals surface area contributed by atoms with Gasteiger partial charge in [0.25, 0.3) is 5.56 Å². The largest absolute Gasteiger partial charge is 0.332 e. The second kappa shape index (κ2) is 7.14. The van der Waals surface area contributed by atoms with Gasteiger partial charge < -0.3 is 9.88 Å². The summed E-state index contributed by atoms with van der Waals surface area (Å²) in [5.41, 5.74) is 0.937. The Hall–Kier alpha value is -1.69. The topological polar surface area (TPSA) is 66.1 Å². The molecular formula is C20H27N3O2S. The van der Waals surface area contributed by atoms with Gasteiger partial charge in [-0.25, -0.2) is 4.98 Å². The highest BCUT2D eigenvalue weighted by molar-refractivity contribution is 7.18. The molecule has 2 heterocycles. The van der Waals surface area contributed by atoms with Gasteiger partial charge in [0.05, 0.1) is 11.9 Å². The van der Waals surface area contributed by atoms with Crippen LogP contribution in [0.2, 0.25) is 0 Å². The van der Waals surface area contributed by atoms with E-state index in [-0.39, 0.29) is 17.4 Å². The second-order valence-corrected chi connectivity index (χ2v) is 9.07. The molecule has 2 aromatic rings. The number of fused-ring (bicyclic) bond motifs is 1. The molecule has 2 aliphatic carbocycles. The molecule has 0 saturated heterocycles. The predicted octanol–water partition coefficient (Wildman–Crippen LogP) is 4.06. The molecule has 0 aliphatic heterocycles. The minimum Gasteiger partial charge on any atom is -0.332 e. The molecule has 6 heteroatoms. The van der Waals surface area contributed by atoms with E-state index in [0.717, 1.165) is 47.4 Å². The number of carbonyl (C=O) groups is 1. The molecule has 2 fully saturated rings. The van der Waals surface area contributed by atoms with Gasteiger partial charge in [-0.3, -0.25) is 9.59 Å². The third-order valence-electron chi connectivity index (χ3n) is 6.16. The number of rotatable bonds is 4. The number of hydrogen-bond acceptors (Lipinski definition) is 4. The molecule has 140 valence electrons. The highest BCUT2D eigenvalue weighted by Crippen LogP contribution is 2.32. The van der Waals surface area contributed by atoms with Gasteiger partial charge in [-0.15, -0.1) is 11.3 Å². The molecule has 0 unspecified atom stereocenters. The summed E-state index contributed by atoms with van der Waals surface area (Å²) in [5, 5.41) is 0.700. The van der Waals surface area contributed by atoms with E-state index in [1.165, 1.54) is 19.3 Å². The van der Waals surface area contributed by atoms with Gasteiger partial charge in [-0.05, 0) is 45.1 Å². The van der Waals surface area contributed by atoms with Gasteiger partial charge in [0.15, 0.2) is 0 Å². The van der Waals surface area contributed by atoms with Crippen LogP contribution in [0.25, 0.3) is 10.2 Å². The number of aromatic nitrogens is 2. The fourth-order valence-corrected chi connectivity index (χ4v) is 5.25. The molecule has 1 N–H and O–H groups in total. The Bertz CT molecular complexity index is 875. The molecule has 0 atom stereocenters. The van der Waals surface area contributed by atoms with E-state index in [0.29, 0.717) is 23.8 Å². The first-order valence-corrected chi connectivity index (χ1v) is 10.7. The fourth-order valence-electron chi connectivity index (χ4n) is 4.20. The lowest BCUT2D eigenvalue weighted by atomic mass is 9.83. The number of thiophene rings is 1. The summed E-state index contributed by atoms with van der Waals surface area (Å²) in [6.07, 6.45) is 8.95. The maximum absolute atomic E-state index is 13.0. The number of hydrogen-bond donors (Lipinski definition) is 1. The van der Waals surface area contributed by atoms with Crippen molar-refractivity contribution in [2.75, 3.05) is 0 Å². The fraction of sp³-hybridized carbons (Fsp3) is 0.650. The van der Waals surface area contributed by atoms with Crippen LogP contribution in [-0.4, -0.2) is 26.8 Å². The van der Waals surface area contributed by atoms with Gasteiger partial charge in [-0.1, -0.05) is 25.7 Å². The van der Waals surface area contributed by atoms with Crippen LogP contribution in [0.4, 0.5) is 0 Å². The molecule has 0 bridgehead atoms. The van der Waals surface area contributed by atoms with Crippen molar-refractivity contribution in [1.29, 1.82) is 0 Å². The standard InChI is InChI=1S/C20H27N3O2S/c1-12-13(2)26-19-17(12)18(24)21-16(22-19)11-23(15-9-4-3-5-10-15)20(25)14-7-6-8-14/h14-15H,3-11H2,1-2H3,(H,21,22,24). The van der Waals surface area contributed by atoms with Crippen LogP contribution in [0.1, 0.15) is 67.6 Å². The molecule has 26 heavy (non-hydrogen) atoms. The average molecular weight is 374 g/mol. The van der Waals surface area contributed by atoms with Crippen LogP contribution in [0.15, 0.2) is 4.79 Å². The van der Waals surface area contributed by atoms with Crippen LogP contribution >= 0.6 is 11.3 Å². The van der Waals surface area contributed by atoms with Crippen molar-refractivity contribution in [3.8, 4) is 0 Å².